The third kappa shape index (κ3) is 7.13. The topological polar surface area (TPSA) is 49.5 Å². The molecule has 0 aliphatic rings. The summed E-state index contributed by atoms with van der Waals surface area (Å²) >= 11 is 0. The van der Waals surface area contributed by atoms with Gasteiger partial charge in [0.15, 0.2) is 0 Å². The van der Waals surface area contributed by atoms with Gasteiger partial charge in [-0.1, -0.05) is 25.5 Å². The Morgan fingerprint density at radius 3 is 2.55 bits per heavy atom. The Bertz CT molecular complexity index is 383. The van der Waals surface area contributed by atoms with Crippen LogP contribution in [0.4, 0.5) is 5.69 Å². The molecule has 0 aromatic heterocycles. The molecular weight excluding hydrogens is 272 g/mol. The van der Waals surface area contributed by atoms with Crippen molar-refractivity contribution in [3.63, 3.8) is 0 Å². The van der Waals surface area contributed by atoms with Gasteiger partial charge in [-0.15, -0.1) is 12.4 Å². The maximum absolute atomic E-state index is 9.54. The molecule has 0 aliphatic heterocycles. The smallest absolute Gasteiger partial charge is 0.0639 e. The van der Waals surface area contributed by atoms with Crippen LogP contribution >= 0.6 is 12.4 Å². The molecule has 1 aromatic carbocycles. The van der Waals surface area contributed by atoms with Gasteiger partial charge >= 0.3 is 0 Å². The van der Waals surface area contributed by atoms with Crippen LogP contribution in [-0.2, 0) is 6.42 Å². The number of halogens is 1. The minimum Gasteiger partial charge on any atom is -0.399 e. The van der Waals surface area contributed by atoms with E-state index in [2.05, 4.69) is 30.0 Å². The largest absolute Gasteiger partial charge is 0.399 e. The van der Waals surface area contributed by atoms with E-state index < -0.39 is 0 Å². The van der Waals surface area contributed by atoms with Gasteiger partial charge in [0.05, 0.1) is 6.10 Å². The number of aryl methyl sites for hydroxylation is 1. The lowest BCUT2D eigenvalue weighted by Crippen LogP contribution is -2.33. The van der Waals surface area contributed by atoms with E-state index in [9.17, 15) is 5.11 Å². The summed E-state index contributed by atoms with van der Waals surface area (Å²) < 4.78 is 0. The molecule has 3 N–H and O–H groups in total. The molecule has 1 atom stereocenters. The Morgan fingerprint density at radius 2 is 2.00 bits per heavy atom. The van der Waals surface area contributed by atoms with Gasteiger partial charge < -0.3 is 15.7 Å². The molecule has 3 nitrogen and oxygen atoms in total. The predicted octanol–water partition coefficient (Wildman–Crippen LogP) is 3.02. The van der Waals surface area contributed by atoms with E-state index in [1.54, 1.807) is 0 Å². The van der Waals surface area contributed by atoms with Crippen LogP contribution in [0.15, 0.2) is 18.2 Å². The van der Waals surface area contributed by atoms with Gasteiger partial charge in [-0.05, 0) is 50.4 Å². The molecular formula is C16H29ClN2O. The summed E-state index contributed by atoms with van der Waals surface area (Å²) in [7, 11) is 0. The first-order chi connectivity index (χ1) is 9.02. The van der Waals surface area contributed by atoms with Crippen molar-refractivity contribution in [3.05, 3.63) is 29.3 Å². The van der Waals surface area contributed by atoms with Crippen molar-refractivity contribution in [1.29, 1.82) is 0 Å². The molecule has 0 fully saturated rings. The maximum atomic E-state index is 9.54. The number of nitrogen functional groups attached to an aromatic ring is 1. The molecule has 116 valence electrons. The number of benzene rings is 1. The van der Waals surface area contributed by atoms with E-state index in [1.165, 1.54) is 18.4 Å². The van der Waals surface area contributed by atoms with Crippen LogP contribution in [0.25, 0.3) is 0 Å². The zero-order chi connectivity index (χ0) is 14.3. The van der Waals surface area contributed by atoms with Gasteiger partial charge in [0, 0.05) is 18.8 Å². The Hall–Kier alpha value is -0.770. The molecule has 0 spiro atoms. The number of nitrogens with zero attached hydrogens (tertiary/aromatic N) is 1. The first-order valence-electron chi connectivity index (χ1n) is 7.28. The lowest BCUT2D eigenvalue weighted by atomic mass is 10.1. The standard InChI is InChI=1S/C16H28N2O.ClH/c1-4-5-9-18(12-14(3)19)10-8-15-7-6-13(2)16(17)11-15;/h6-7,11,14,19H,4-5,8-10,12,17H2,1-3H3;1H. The number of aliphatic hydroxyl groups excluding tert-OH is 1. The highest BCUT2D eigenvalue weighted by atomic mass is 35.5. The number of anilines is 1. The molecule has 0 heterocycles. The summed E-state index contributed by atoms with van der Waals surface area (Å²) in [5, 5.41) is 9.54. The lowest BCUT2D eigenvalue weighted by Gasteiger charge is -2.23. The van der Waals surface area contributed by atoms with Gasteiger partial charge in [0.2, 0.25) is 0 Å². The summed E-state index contributed by atoms with van der Waals surface area (Å²) in [6.45, 7) is 8.86. The van der Waals surface area contributed by atoms with Crippen molar-refractivity contribution in [2.75, 3.05) is 25.4 Å². The van der Waals surface area contributed by atoms with Crippen LogP contribution in [0.3, 0.4) is 0 Å². The third-order valence-electron chi connectivity index (χ3n) is 3.41. The lowest BCUT2D eigenvalue weighted by molar-refractivity contribution is 0.126. The molecule has 1 rings (SSSR count). The van der Waals surface area contributed by atoms with Crippen molar-refractivity contribution >= 4 is 18.1 Å². The number of unbranched alkanes of at least 4 members (excludes halogenated alkanes) is 1. The van der Waals surface area contributed by atoms with Crippen LogP contribution in [-0.4, -0.2) is 35.7 Å². The summed E-state index contributed by atoms with van der Waals surface area (Å²) in [4.78, 5) is 2.34. The van der Waals surface area contributed by atoms with E-state index >= 15 is 0 Å². The highest BCUT2D eigenvalue weighted by Gasteiger charge is 2.08. The van der Waals surface area contributed by atoms with E-state index in [0.717, 1.165) is 37.3 Å². The molecule has 0 radical (unpaired) electrons. The summed E-state index contributed by atoms with van der Waals surface area (Å²) in [6, 6.07) is 6.29. The zero-order valence-corrected chi connectivity index (χ0v) is 13.7. The van der Waals surface area contributed by atoms with Crippen molar-refractivity contribution in [2.45, 2.75) is 46.1 Å². The van der Waals surface area contributed by atoms with Crippen LogP contribution in [0.2, 0.25) is 0 Å². The number of hydrogen-bond acceptors (Lipinski definition) is 3. The van der Waals surface area contributed by atoms with Crippen molar-refractivity contribution in [2.24, 2.45) is 0 Å². The summed E-state index contributed by atoms with van der Waals surface area (Å²) in [5.41, 5.74) is 9.21. The van der Waals surface area contributed by atoms with Gasteiger partial charge in [-0.2, -0.15) is 0 Å². The third-order valence-corrected chi connectivity index (χ3v) is 3.41. The number of hydrogen-bond donors (Lipinski definition) is 2. The van der Waals surface area contributed by atoms with E-state index in [0.29, 0.717) is 0 Å². The van der Waals surface area contributed by atoms with Crippen molar-refractivity contribution in [3.8, 4) is 0 Å². The molecule has 0 amide bonds. The SMILES string of the molecule is CCCCN(CCc1ccc(C)c(N)c1)CC(C)O.Cl. The van der Waals surface area contributed by atoms with Crippen molar-refractivity contribution < 1.29 is 5.11 Å². The normalized spacial score (nSPS) is 12.2. The second-order valence-corrected chi connectivity index (χ2v) is 5.44. The Labute approximate surface area is 129 Å². The van der Waals surface area contributed by atoms with Crippen molar-refractivity contribution in [1.82, 2.24) is 4.90 Å². The van der Waals surface area contributed by atoms with Crippen LogP contribution in [0, 0.1) is 6.92 Å². The van der Waals surface area contributed by atoms with Gasteiger partial charge in [-0.25, -0.2) is 0 Å². The average Bonchev–Trinajstić information content (AvgIpc) is 2.36. The molecule has 0 saturated heterocycles. The van der Waals surface area contributed by atoms with E-state index in [1.807, 2.05) is 13.8 Å². The average molecular weight is 301 g/mol. The highest BCUT2D eigenvalue weighted by molar-refractivity contribution is 5.85. The van der Waals surface area contributed by atoms with Crippen LogP contribution in [0.5, 0.6) is 0 Å². The van der Waals surface area contributed by atoms with Gasteiger partial charge in [0.25, 0.3) is 0 Å². The second kappa shape index (κ2) is 10.0. The van der Waals surface area contributed by atoms with Crippen LogP contribution in [0.1, 0.15) is 37.8 Å². The fourth-order valence-corrected chi connectivity index (χ4v) is 2.18. The summed E-state index contributed by atoms with van der Waals surface area (Å²) in [6.07, 6.45) is 3.09. The fourth-order valence-electron chi connectivity index (χ4n) is 2.18. The molecule has 0 saturated carbocycles. The Balaban J connectivity index is 0.00000361. The molecule has 4 heteroatoms. The monoisotopic (exact) mass is 300 g/mol. The van der Waals surface area contributed by atoms with Gasteiger partial charge in [0.1, 0.15) is 0 Å². The Kier molecular flexibility index (Phi) is 9.64. The maximum Gasteiger partial charge on any atom is 0.0639 e. The minimum atomic E-state index is -0.264. The molecule has 20 heavy (non-hydrogen) atoms. The predicted molar refractivity (Wildman–Crippen MR) is 89.6 cm³/mol. The second-order valence-electron chi connectivity index (χ2n) is 5.44. The highest BCUT2D eigenvalue weighted by Crippen LogP contribution is 2.13. The first kappa shape index (κ1) is 19.2. The minimum absolute atomic E-state index is 0. The fraction of sp³-hybridized carbons (Fsp3) is 0.625. The number of nitrogens with two attached hydrogens (primary N) is 1. The quantitative estimate of drug-likeness (QED) is 0.726. The van der Waals surface area contributed by atoms with E-state index in [-0.39, 0.29) is 18.5 Å². The number of rotatable bonds is 8. The Morgan fingerprint density at radius 1 is 1.30 bits per heavy atom. The van der Waals surface area contributed by atoms with Crippen LogP contribution < -0.4 is 5.73 Å². The molecule has 1 unspecified atom stereocenters. The molecule has 1 aromatic rings. The zero-order valence-electron chi connectivity index (χ0n) is 12.9. The number of aliphatic hydroxyl groups is 1. The molecule has 0 aliphatic carbocycles. The first-order valence-corrected chi connectivity index (χ1v) is 7.28. The summed E-state index contributed by atoms with van der Waals surface area (Å²) in [5.74, 6) is 0. The van der Waals surface area contributed by atoms with Gasteiger partial charge in [-0.3, -0.25) is 0 Å². The molecule has 0 bridgehead atoms. The van der Waals surface area contributed by atoms with E-state index in [4.69, 9.17) is 5.73 Å².